The maximum Gasteiger partial charge on any atom is 1.00 e. The van der Waals surface area contributed by atoms with E-state index in [0.29, 0.717) is 11.8 Å². The van der Waals surface area contributed by atoms with Gasteiger partial charge >= 0.3 is 29.6 Å². The number of hydrogen-bond donors (Lipinski definition) is 1. The molecule has 1 aliphatic carbocycles. The molecule has 0 radical (unpaired) electrons. The predicted molar refractivity (Wildman–Crippen MR) is 71.9 cm³/mol. The van der Waals surface area contributed by atoms with Crippen LogP contribution in [0.4, 0.5) is 0 Å². The van der Waals surface area contributed by atoms with Gasteiger partial charge in [-0.15, -0.1) is 0 Å². The van der Waals surface area contributed by atoms with Gasteiger partial charge in [-0.25, -0.2) is 4.99 Å². The number of nitrogens with one attached hydrogen (secondary N) is 1. The van der Waals surface area contributed by atoms with Crippen molar-refractivity contribution >= 4 is 29.1 Å². The van der Waals surface area contributed by atoms with Crippen LogP contribution in [0, 0.1) is 29.1 Å². The summed E-state index contributed by atoms with van der Waals surface area (Å²) in [5.74, 6) is 0.244. The van der Waals surface area contributed by atoms with Gasteiger partial charge in [-0.1, -0.05) is 27.7 Å². The molecule has 2 rings (SSSR count). The topological polar surface area (TPSA) is 64.5 Å². The zero-order valence-corrected chi connectivity index (χ0v) is 15.0. The maximum atomic E-state index is 12.3. The minimum atomic E-state index is -1.00. The molecule has 1 fully saturated rings. The van der Waals surface area contributed by atoms with E-state index in [1.54, 1.807) is 0 Å². The van der Waals surface area contributed by atoms with Gasteiger partial charge in [0.05, 0.1) is 5.41 Å². The minimum absolute atomic E-state index is 0. The Morgan fingerprint density at radius 3 is 2.47 bits per heavy atom. The minimum Gasteiger partial charge on any atom is -0.861 e. The summed E-state index contributed by atoms with van der Waals surface area (Å²) in [6.07, 6.45) is 0.889. The number of rotatable bonds is 1. The Morgan fingerprint density at radius 2 is 2.05 bits per heavy atom. The quantitative estimate of drug-likeness (QED) is 0.453. The summed E-state index contributed by atoms with van der Waals surface area (Å²) in [7, 11) is 0. The van der Waals surface area contributed by atoms with Crippen molar-refractivity contribution in [3.8, 4) is 0 Å². The van der Waals surface area contributed by atoms with Crippen LogP contribution in [-0.4, -0.2) is 16.9 Å². The van der Waals surface area contributed by atoms with Crippen molar-refractivity contribution in [1.29, 1.82) is 0 Å². The van der Waals surface area contributed by atoms with E-state index >= 15 is 0 Å². The Morgan fingerprint density at radius 1 is 1.47 bits per heavy atom. The molecule has 1 saturated carbocycles. The van der Waals surface area contributed by atoms with Crippen LogP contribution >= 0.6 is 12.2 Å². The number of amides is 1. The number of aliphatic imine (C=N–C) groups is 1. The summed E-state index contributed by atoms with van der Waals surface area (Å²) in [5, 5.41) is 14.9. The number of carbonyl (C=O) groups is 1. The average Bonchev–Trinajstić information content (AvgIpc) is 2.49. The first-order chi connectivity index (χ1) is 8.31. The van der Waals surface area contributed by atoms with Crippen LogP contribution in [0.2, 0.25) is 0 Å². The molecule has 0 aromatic rings. The predicted octanol–water partition coefficient (Wildman–Crippen LogP) is -1.90. The summed E-state index contributed by atoms with van der Waals surface area (Å²) >= 11 is 4.82. The van der Waals surface area contributed by atoms with Crippen molar-refractivity contribution in [2.24, 2.45) is 34.1 Å². The summed E-state index contributed by atoms with van der Waals surface area (Å²) in [6.45, 7) is 8.25. The van der Waals surface area contributed by atoms with E-state index < -0.39 is 5.41 Å². The zero-order chi connectivity index (χ0) is 13.7. The van der Waals surface area contributed by atoms with Crippen molar-refractivity contribution < 1.29 is 39.5 Å². The van der Waals surface area contributed by atoms with Crippen LogP contribution in [0.3, 0.4) is 0 Å². The Bertz CT molecular complexity index is 438. The van der Waals surface area contributed by atoms with Gasteiger partial charge < -0.3 is 10.4 Å². The van der Waals surface area contributed by atoms with E-state index in [1.165, 1.54) is 0 Å². The van der Waals surface area contributed by atoms with Crippen LogP contribution in [-0.2, 0) is 4.79 Å². The molecule has 4 nitrogen and oxygen atoms in total. The first-order valence-electron chi connectivity index (χ1n) is 6.43. The molecule has 4 atom stereocenters. The second kappa shape index (κ2) is 5.80. The number of nitrogens with zero attached hydrogens (tertiary/aromatic N) is 1. The van der Waals surface area contributed by atoms with Gasteiger partial charge in [0.2, 0.25) is 5.91 Å². The van der Waals surface area contributed by atoms with Crippen LogP contribution in [0.5, 0.6) is 0 Å². The fraction of sp³-hybridized carbons (Fsp3) is 0.769. The van der Waals surface area contributed by atoms with Gasteiger partial charge in [0, 0.05) is 0 Å². The zero-order valence-electron chi connectivity index (χ0n) is 12.2. The Labute approximate surface area is 141 Å². The van der Waals surface area contributed by atoms with Crippen molar-refractivity contribution in [1.82, 2.24) is 5.32 Å². The van der Waals surface area contributed by atoms with Gasteiger partial charge in [0.25, 0.3) is 0 Å². The maximum absolute atomic E-state index is 12.3. The SMILES string of the molecule is CC(C)C1CC(C)C2(C(=O)NC(=S)N=C2[O-])C1C.[Na+]. The third kappa shape index (κ3) is 2.39. The molecule has 2 aliphatic rings. The van der Waals surface area contributed by atoms with Gasteiger partial charge in [-0.3, -0.25) is 4.79 Å². The van der Waals surface area contributed by atoms with E-state index in [0.717, 1.165) is 6.42 Å². The van der Waals surface area contributed by atoms with E-state index in [-0.39, 0.29) is 58.3 Å². The fourth-order valence-corrected chi connectivity index (χ4v) is 3.96. The molecule has 0 bridgehead atoms. The molecule has 1 heterocycles. The summed E-state index contributed by atoms with van der Waals surface area (Å²) in [5.41, 5.74) is -1.00. The smallest absolute Gasteiger partial charge is 0.861 e. The third-order valence-corrected chi connectivity index (χ3v) is 4.97. The molecule has 4 unspecified atom stereocenters. The second-order valence-electron chi connectivity index (χ2n) is 5.88. The molecule has 1 spiro atoms. The number of hydrogen-bond acceptors (Lipinski definition) is 3. The van der Waals surface area contributed by atoms with Gasteiger partial charge in [0.1, 0.15) is 0 Å². The largest absolute Gasteiger partial charge is 1.00 e. The Kier molecular flexibility index (Phi) is 5.21. The standard InChI is InChI=1S/C13H20N2O2S.Na/c1-6(2)9-5-7(3)13(8(9)4)10(16)14-12(18)15-11(13)17;/h6-9H,5H2,1-4H3,(H2,14,15,16,17,18);/q;+1/p-1. The first-order valence-corrected chi connectivity index (χ1v) is 6.84. The molecule has 19 heavy (non-hydrogen) atoms. The summed E-state index contributed by atoms with van der Waals surface area (Å²) < 4.78 is 0. The summed E-state index contributed by atoms with van der Waals surface area (Å²) in [4.78, 5) is 16.2. The van der Waals surface area contributed by atoms with Gasteiger partial charge in [-0.2, -0.15) is 0 Å². The first kappa shape index (κ1) is 17.1. The van der Waals surface area contributed by atoms with Gasteiger partial charge in [0.15, 0.2) is 5.11 Å². The molecule has 6 heteroatoms. The molecular formula is C13H19N2NaO2S. The van der Waals surface area contributed by atoms with Crippen LogP contribution < -0.4 is 40.0 Å². The van der Waals surface area contributed by atoms with E-state index in [1.807, 2.05) is 13.8 Å². The average molecular weight is 290 g/mol. The molecule has 1 aliphatic heterocycles. The monoisotopic (exact) mass is 290 g/mol. The van der Waals surface area contributed by atoms with E-state index in [2.05, 4.69) is 24.2 Å². The van der Waals surface area contributed by atoms with Gasteiger partial charge in [-0.05, 0) is 48.2 Å². The normalized spacial score (nSPS) is 38.2. The van der Waals surface area contributed by atoms with Crippen LogP contribution in [0.1, 0.15) is 34.1 Å². The second-order valence-corrected chi connectivity index (χ2v) is 6.27. The summed E-state index contributed by atoms with van der Waals surface area (Å²) in [6, 6.07) is 0. The molecular weight excluding hydrogens is 271 g/mol. The fourth-order valence-electron chi connectivity index (χ4n) is 3.78. The van der Waals surface area contributed by atoms with Crippen molar-refractivity contribution in [2.75, 3.05) is 0 Å². The van der Waals surface area contributed by atoms with Crippen molar-refractivity contribution in [3.63, 3.8) is 0 Å². The van der Waals surface area contributed by atoms with Crippen LogP contribution in [0.25, 0.3) is 0 Å². The third-order valence-electron chi connectivity index (χ3n) is 4.77. The van der Waals surface area contributed by atoms with Crippen LogP contribution in [0.15, 0.2) is 4.99 Å². The van der Waals surface area contributed by atoms with E-state index in [9.17, 15) is 9.90 Å². The molecule has 0 saturated heterocycles. The number of thiocarbonyl (C=S) groups is 1. The molecule has 0 aromatic carbocycles. The Balaban J connectivity index is 0.00000180. The molecule has 1 N–H and O–H groups in total. The Hall–Kier alpha value is 0.0300. The molecule has 0 aromatic heterocycles. The number of carbonyl (C=O) groups excluding carboxylic acids is 1. The van der Waals surface area contributed by atoms with E-state index in [4.69, 9.17) is 12.2 Å². The molecule has 100 valence electrons. The molecule has 1 amide bonds. The van der Waals surface area contributed by atoms with Crippen molar-refractivity contribution in [2.45, 2.75) is 34.1 Å². The van der Waals surface area contributed by atoms with Crippen molar-refractivity contribution in [3.05, 3.63) is 0 Å².